The number of hydrogen-bond donors (Lipinski definition) is 2. The van der Waals surface area contributed by atoms with Gasteiger partial charge in [-0.1, -0.05) is 13.8 Å². The smallest absolute Gasteiger partial charge is 0.268 e. The number of carboxylic acid groups (broad SMARTS) is 1. The summed E-state index contributed by atoms with van der Waals surface area (Å²) in [4.78, 5) is 36.3. The number of carboxylic acids is 1. The van der Waals surface area contributed by atoms with Crippen molar-refractivity contribution < 1.29 is 29.0 Å². The lowest BCUT2D eigenvalue weighted by atomic mass is 10.0. The Kier molecular flexibility index (Phi) is 6.73. The first-order valence-electron chi connectivity index (χ1n) is 9.14. The molecule has 1 heterocycles. The van der Waals surface area contributed by atoms with Gasteiger partial charge in [-0.2, -0.15) is 0 Å². The maximum Gasteiger partial charge on any atom is 0.268 e. The zero-order valence-electron chi connectivity index (χ0n) is 17.4. The van der Waals surface area contributed by atoms with Crippen LogP contribution in [0, 0.1) is 5.92 Å². The predicted molar refractivity (Wildman–Crippen MR) is 105 cm³/mol. The Morgan fingerprint density at radius 3 is 2.21 bits per heavy atom. The minimum atomic E-state index is -1.40. The molecule has 2 amide bonds. The van der Waals surface area contributed by atoms with E-state index >= 15 is 0 Å². The van der Waals surface area contributed by atoms with Crippen LogP contribution >= 0.6 is 0 Å². The number of aliphatic carboxylic acids is 1. The molecule has 0 radical (unpaired) electrons. The number of aromatic nitrogens is 1. The second-order valence-corrected chi connectivity index (χ2v) is 7.10. The van der Waals surface area contributed by atoms with Crippen molar-refractivity contribution >= 4 is 28.7 Å². The van der Waals surface area contributed by atoms with Crippen molar-refractivity contribution in [2.24, 2.45) is 13.0 Å². The van der Waals surface area contributed by atoms with Crippen molar-refractivity contribution in [1.29, 1.82) is 0 Å². The lowest BCUT2D eigenvalue weighted by Crippen LogP contribution is -2.55. The first kappa shape index (κ1) is 22.1. The van der Waals surface area contributed by atoms with Gasteiger partial charge in [0.15, 0.2) is 0 Å². The molecule has 1 aromatic carbocycles. The van der Waals surface area contributed by atoms with E-state index in [9.17, 15) is 19.5 Å². The Bertz CT molecular complexity index is 934. The molecule has 158 valence electrons. The number of carbonyl (C=O) groups is 3. The summed E-state index contributed by atoms with van der Waals surface area (Å²) in [5.74, 6) is -1.60. The fourth-order valence-electron chi connectivity index (χ4n) is 2.99. The number of carbonyl (C=O) groups excluding carboxylic acids is 3. The van der Waals surface area contributed by atoms with Gasteiger partial charge in [0, 0.05) is 24.6 Å². The van der Waals surface area contributed by atoms with Gasteiger partial charge < -0.3 is 34.6 Å². The van der Waals surface area contributed by atoms with Crippen molar-refractivity contribution in [3.8, 4) is 11.5 Å². The third-order valence-electron chi connectivity index (χ3n) is 4.73. The van der Waals surface area contributed by atoms with Crippen LogP contribution in [0.2, 0.25) is 0 Å². The van der Waals surface area contributed by atoms with Gasteiger partial charge in [0.2, 0.25) is 5.91 Å². The third kappa shape index (κ3) is 4.61. The Balaban J connectivity index is 2.35. The van der Waals surface area contributed by atoms with Gasteiger partial charge in [-0.15, -0.1) is 0 Å². The lowest BCUT2D eigenvalue weighted by molar-refractivity contribution is -0.307. The Hall–Kier alpha value is -3.23. The first-order valence-corrected chi connectivity index (χ1v) is 9.14. The predicted octanol–water partition coefficient (Wildman–Crippen LogP) is 0.205. The highest BCUT2D eigenvalue weighted by atomic mass is 16.5. The van der Waals surface area contributed by atoms with Crippen LogP contribution in [0.15, 0.2) is 18.2 Å². The van der Waals surface area contributed by atoms with Crippen LogP contribution in [0.5, 0.6) is 11.5 Å². The largest absolute Gasteiger partial charge is 0.548 e. The summed E-state index contributed by atoms with van der Waals surface area (Å²) in [5.41, 5.74) is 1.04. The first-order chi connectivity index (χ1) is 13.6. The van der Waals surface area contributed by atoms with E-state index in [-0.39, 0.29) is 5.92 Å². The van der Waals surface area contributed by atoms with Crippen LogP contribution in [0.4, 0.5) is 0 Å². The topological polar surface area (TPSA) is 122 Å². The van der Waals surface area contributed by atoms with Gasteiger partial charge in [0.1, 0.15) is 23.2 Å². The van der Waals surface area contributed by atoms with Gasteiger partial charge in [-0.25, -0.2) is 0 Å². The molecule has 2 N–H and O–H groups in total. The summed E-state index contributed by atoms with van der Waals surface area (Å²) in [6.07, 6.45) is 0. The van der Waals surface area contributed by atoms with E-state index in [1.54, 1.807) is 43.7 Å². The zero-order chi connectivity index (χ0) is 21.9. The number of rotatable bonds is 8. The maximum atomic E-state index is 12.9. The molecule has 0 aliphatic heterocycles. The molecular weight excluding hydrogens is 378 g/mol. The number of aryl methyl sites for hydroxylation is 1. The van der Waals surface area contributed by atoms with Crippen LogP contribution in [0.1, 0.15) is 31.3 Å². The highest BCUT2D eigenvalue weighted by Gasteiger charge is 2.27. The van der Waals surface area contributed by atoms with Crippen LogP contribution in [-0.2, 0) is 16.6 Å². The molecule has 0 aliphatic carbocycles. The minimum Gasteiger partial charge on any atom is -0.548 e. The molecule has 0 spiro atoms. The summed E-state index contributed by atoms with van der Waals surface area (Å²) in [6, 6.07) is 3.08. The molecular formula is C20H26N3O6-. The second kappa shape index (κ2) is 8.85. The van der Waals surface area contributed by atoms with Crippen LogP contribution in [0.3, 0.4) is 0 Å². The summed E-state index contributed by atoms with van der Waals surface area (Å²) < 4.78 is 12.3. The highest BCUT2D eigenvalue weighted by molar-refractivity contribution is 6.02. The molecule has 0 saturated heterocycles. The van der Waals surface area contributed by atoms with Crippen LogP contribution in [-0.4, -0.2) is 48.7 Å². The molecule has 9 nitrogen and oxygen atoms in total. The van der Waals surface area contributed by atoms with Crippen LogP contribution < -0.4 is 25.2 Å². The standard InChI is InChI=1S/C20H27N3O6/c1-10(2)17(19(25)21-11(3)20(26)27)22-18(24)15-9-13-14(23(15)4)7-12(28-5)8-16(13)29-6/h7-11,17H,1-6H3,(H,21,25)(H,22,24)(H,26,27)/p-1/t11-,17-/m0/s1. The summed E-state index contributed by atoms with van der Waals surface area (Å²) in [7, 11) is 4.79. The molecule has 2 rings (SSSR count). The number of amides is 2. The molecule has 2 atom stereocenters. The molecule has 0 saturated carbocycles. The lowest BCUT2D eigenvalue weighted by Gasteiger charge is -2.24. The molecule has 2 aromatic rings. The van der Waals surface area contributed by atoms with Crippen LogP contribution in [0.25, 0.3) is 10.9 Å². The van der Waals surface area contributed by atoms with Crippen molar-refractivity contribution in [2.75, 3.05) is 14.2 Å². The fourth-order valence-corrected chi connectivity index (χ4v) is 2.99. The van der Waals surface area contributed by atoms with Gasteiger partial charge in [0.05, 0.1) is 31.7 Å². The number of ether oxygens (including phenoxy) is 2. The molecule has 0 aliphatic rings. The van der Waals surface area contributed by atoms with E-state index in [4.69, 9.17) is 9.47 Å². The van der Waals surface area contributed by atoms with Gasteiger partial charge in [0.25, 0.3) is 5.91 Å². The monoisotopic (exact) mass is 404 g/mol. The molecule has 1 aromatic heterocycles. The molecule has 0 fully saturated rings. The van der Waals surface area contributed by atoms with E-state index in [2.05, 4.69) is 10.6 Å². The van der Waals surface area contributed by atoms with Crippen molar-refractivity contribution in [3.05, 3.63) is 23.9 Å². The molecule has 9 heteroatoms. The number of benzene rings is 1. The molecule has 0 bridgehead atoms. The van der Waals surface area contributed by atoms with E-state index in [1.165, 1.54) is 21.1 Å². The third-order valence-corrected chi connectivity index (χ3v) is 4.73. The molecule has 29 heavy (non-hydrogen) atoms. The normalized spacial score (nSPS) is 13.1. The van der Waals surface area contributed by atoms with Crippen molar-refractivity contribution in [2.45, 2.75) is 32.9 Å². The second-order valence-electron chi connectivity index (χ2n) is 7.10. The van der Waals surface area contributed by atoms with Gasteiger partial charge in [-0.05, 0) is 18.9 Å². The summed E-state index contributed by atoms with van der Waals surface area (Å²) >= 11 is 0. The number of nitrogens with zero attached hydrogens (tertiary/aromatic N) is 1. The summed E-state index contributed by atoms with van der Waals surface area (Å²) in [5, 5.41) is 16.6. The van der Waals surface area contributed by atoms with E-state index in [1.807, 2.05) is 0 Å². The van der Waals surface area contributed by atoms with Gasteiger partial charge in [-0.3, -0.25) is 9.59 Å². The average Bonchev–Trinajstić information content (AvgIpc) is 3.01. The highest BCUT2D eigenvalue weighted by Crippen LogP contribution is 2.33. The Labute approximate surface area is 169 Å². The van der Waals surface area contributed by atoms with Gasteiger partial charge >= 0.3 is 0 Å². The zero-order valence-corrected chi connectivity index (χ0v) is 17.4. The van der Waals surface area contributed by atoms with E-state index in [0.717, 1.165) is 10.9 Å². The Morgan fingerprint density at radius 1 is 1.03 bits per heavy atom. The number of hydrogen-bond acceptors (Lipinski definition) is 6. The average molecular weight is 404 g/mol. The van der Waals surface area contributed by atoms with Crippen molar-refractivity contribution in [3.63, 3.8) is 0 Å². The quantitative estimate of drug-likeness (QED) is 0.648. The number of fused-ring (bicyclic) bond motifs is 1. The maximum absolute atomic E-state index is 12.9. The summed E-state index contributed by atoms with van der Waals surface area (Å²) in [6.45, 7) is 4.81. The van der Waals surface area contributed by atoms with E-state index < -0.39 is 29.9 Å². The minimum absolute atomic E-state index is 0.266. The number of methoxy groups -OCH3 is 2. The van der Waals surface area contributed by atoms with Crippen molar-refractivity contribution in [1.82, 2.24) is 15.2 Å². The Morgan fingerprint density at radius 2 is 1.69 bits per heavy atom. The number of nitrogens with one attached hydrogen (secondary N) is 2. The van der Waals surface area contributed by atoms with E-state index in [0.29, 0.717) is 17.2 Å². The fraction of sp³-hybridized carbons (Fsp3) is 0.450. The SMILES string of the molecule is COc1cc(OC)c2cc(C(=O)N[C@H](C(=O)N[C@@H](C)C(=O)[O-])C(C)C)n(C)c2c1. The molecule has 0 unspecified atom stereocenters.